The van der Waals surface area contributed by atoms with Gasteiger partial charge in [0.2, 0.25) is 0 Å². The average molecular weight is 306 g/mol. The van der Waals surface area contributed by atoms with E-state index in [0.29, 0.717) is 0 Å². The van der Waals surface area contributed by atoms with Crippen LogP contribution in [0.15, 0.2) is 41.2 Å². The maximum Gasteiger partial charge on any atom is 0.139 e. The molecule has 2 aromatic rings. The van der Waals surface area contributed by atoms with Crippen LogP contribution in [0.1, 0.15) is 45.5 Å². The molecule has 4 nitrogen and oxygen atoms in total. The SMILES string of the molecule is C=C1C(C)=NCC(CC)=C1c1nc2c(C(C)=CC)cncc2[nH]1. The summed E-state index contributed by atoms with van der Waals surface area (Å²) in [5.41, 5.74) is 8.49. The molecule has 0 unspecified atom stereocenters. The van der Waals surface area contributed by atoms with Crippen molar-refractivity contribution in [2.45, 2.75) is 34.1 Å². The van der Waals surface area contributed by atoms with Crippen LogP contribution in [-0.4, -0.2) is 27.2 Å². The first-order valence-corrected chi connectivity index (χ1v) is 7.96. The van der Waals surface area contributed by atoms with Crippen LogP contribution >= 0.6 is 0 Å². The van der Waals surface area contributed by atoms with Crippen molar-refractivity contribution >= 4 is 27.9 Å². The Morgan fingerprint density at radius 1 is 1.39 bits per heavy atom. The minimum absolute atomic E-state index is 0.729. The van der Waals surface area contributed by atoms with E-state index in [9.17, 15) is 0 Å². The Kier molecular flexibility index (Phi) is 3.99. The van der Waals surface area contributed by atoms with E-state index in [0.717, 1.165) is 52.2 Å². The average Bonchev–Trinajstić information content (AvgIpc) is 2.99. The molecular weight excluding hydrogens is 284 g/mol. The van der Waals surface area contributed by atoms with Gasteiger partial charge in [-0.25, -0.2) is 4.98 Å². The van der Waals surface area contributed by atoms with Crippen molar-refractivity contribution < 1.29 is 0 Å². The Balaban J connectivity index is 2.21. The highest BCUT2D eigenvalue weighted by atomic mass is 14.9. The summed E-state index contributed by atoms with van der Waals surface area (Å²) in [7, 11) is 0. The topological polar surface area (TPSA) is 53.9 Å². The zero-order valence-electron chi connectivity index (χ0n) is 14.2. The standard InChI is InChI=1S/C19H22N4/c1-6-11(3)15-9-20-10-16-18(15)23-19(22-16)17-12(4)13(5)21-8-14(17)7-2/h6,9-10H,4,7-8H2,1-3,5H3,(H,22,23). The van der Waals surface area contributed by atoms with Gasteiger partial charge < -0.3 is 4.98 Å². The van der Waals surface area contributed by atoms with Crippen LogP contribution in [0.4, 0.5) is 0 Å². The molecule has 0 saturated heterocycles. The van der Waals surface area contributed by atoms with Crippen molar-refractivity contribution in [2.75, 3.05) is 6.54 Å². The molecule has 0 atom stereocenters. The minimum atomic E-state index is 0.729. The van der Waals surface area contributed by atoms with E-state index in [-0.39, 0.29) is 0 Å². The highest BCUT2D eigenvalue weighted by Crippen LogP contribution is 2.32. The normalized spacial score (nSPS) is 16.3. The number of aliphatic imine (C=N–C) groups is 1. The largest absolute Gasteiger partial charge is 0.337 e. The van der Waals surface area contributed by atoms with Gasteiger partial charge in [0.15, 0.2) is 0 Å². The predicted molar refractivity (Wildman–Crippen MR) is 97.5 cm³/mol. The van der Waals surface area contributed by atoms with Gasteiger partial charge in [0.25, 0.3) is 0 Å². The lowest BCUT2D eigenvalue weighted by Crippen LogP contribution is -2.11. The number of dihydropyridines is 1. The molecular formula is C19H22N4. The molecule has 1 N–H and O–H groups in total. The lowest BCUT2D eigenvalue weighted by Gasteiger charge is -2.18. The van der Waals surface area contributed by atoms with Crippen molar-refractivity contribution in [3.8, 4) is 0 Å². The van der Waals surface area contributed by atoms with E-state index in [4.69, 9.17) is 4.98 Å². The molecule has 2 aromatic heterocycles. The van der Waals surface area contributed by atoms with E-state index in [1.807, 2.05) is 26.2 Å². The van der Waals surface area contributed by atoms with Crippen molar-refractivity contribution in [1.29, 1.82) is 0 Å². The van der Waals surface area contributed by atoms with E-state index in [1.54, 1.807) is 0 Å². The van der Waals surface area contributed by atoms with Crippen LogP contribution in [-0.2, 0) is 0 Å². The third-order valence-corrected chi connectivity index (χ3v) is 4.51. The van der Waals surface area contributed by atoms with Crippen molar-refractivity contribution in [3.63, 3.8) is 0 Å². The van der Waals surface area contributed by atoms with Gasteiger partial charge in [0.05, 0.1) is 23.8 Å². The van der Waals surface area contributed by atoms with Crippen LogP contribution < -0.4 is 0 Å². The second kappa shape index (κ2) is 5.95. The lowest BCUT2D eigenvalue weighted by molar-refractivity contribution is 0.993. The Morgan fingerprint density at radius 2 is 2.17 bits per heavy atom. The number of fused-ring (bicyclic) bond motifs is 1. The first-order valence-electron chi connectivity index (χ1n) is 7.96. The van der Waals surface area contributed by atoms with Crippen molar-refractivity contribution in [3.05, 3.63) is 47.6 Å². The van der Waals surface area contributed by atoms with Gasteiger partial charge in [-0.15, -0.1) is 0 Å². The van der Waals surface area contributed by atoms with E-state index < -0.39 is 0 Å². The van der Waals surface area contributed by atoms with Crippen LogP contribution in [0, 0.1) is 0 Å². The zero-order valence-corrected chi connectivity index (χ0v) is 14.2. The summed E-state index contributed by atoms with van der Waals surface area (Å²) < 4.78 is 0. The number of hydrogen-bond acceptors (Lipinski definition) is 3. The van der Waals surface area contributed by atoms with E-state index in [2.05, 4.69) is 41.5 Å². The monoisotopic (exact) mass is 306 g/mol. The first-order chi connectivity index (χ1) is 11.1. The quantitative estimate of drug-likeness (QED) is 0.902. The Morgan fingerprint density at radius 3 is 2.87 bits per heavy atom. The summed E-state index contributed by atoms with van der Waals surface area (Å²) in [5, 5.41) is 0. The Bertz CT molecular complexity index is 878. The fourth-order valence-corrected chi connectivity index (χ4v) is 2.88. The van der Waals surface area contributed by atoms with Gasteiger partial charge in [-0.05, 0) is 43.9 Å². The number of aromatic nitrogens is 3. The summed E-state index contributed by atoms with van der Waals surface area (Å²) in [6, 6.07) is 0. The molecule has 1 aliphatic heterocycles. The fourth-order valence-electron chi connectivity index (χ4n) is 2.88. The van der Waals surface area contributed by atoms with Crippen LogP contribution in [0.25, 0.3) is 22.2 Å². The maximum atomic E-state index is 4.88. The van der Waals surface area contributed by atoms with Gasteiger partial charge >= 0.3 is 0 Å². The number of imidazole rings is 1. The number of pyridine rings is 1. The molecule has 23 heavy (non-hydrogen) atoms. The molecule has 0 amide bonds. The van der Waals surface area contributed by atoms with Crippen LogP contribution in [0.3, 0.4) is 0 Å². The Hall–Kier alpha value is -2.49. The van der Waals surface area contributed by atoms with Gasteiger partial charge in [-0.3, -0.25) is 9.98 Å². The van der Waals surface area contributed by atoms with E-state index >= 15 is 0 Å². The third-order valence-electron chi connectivity index (χ3n) is 4.51. The molecule has 118 valence electrons. The van der Waals surface area contributed by atoms with Crippen molar-refractivity contribution in [1.82, 2.24) is 15.0 Å². The van der Waals surface area contributed by atoms with Crippen molar-refractivity contribution in [2.24, 2.45) is 4.99 Å². The second-order valence-corrected chi connectivity index (χ2v) is 5.85. The molecule has 0 radical (unpaired) electrons. The number of H-pyrrole nitrogens is 1. The third kappa shape index (κ3) is 2.54. The summed E-state index contributed by atoms with van der Waals surface area (Å²) in [6.45, 7) is 13.2. The lowest BCUT2D eigenvalue weighted by atomic mass is 9.93. The smallest absolute Gasteiger partial charge is 0.139 e. The first kappa shape index (κ1) is 15.4. The fraction of sp³-hybridized carbons (Fsp3) is 0.316. The zero-order chi connectivity index (χ0) is 16.6. The molecule has 0 fully saturated rings. The highest BCUT2D eigenvalue weighted by molar-refractivity contribution is 6.13. The second-order valence-electron chi connectivity index (χ2n) is 5.85. The van der Waals surface area contributed by atoms with Gasteiger partial charge in [-0.2, -0.15) is 0 Å². The summed E-state index contributed by atoms with van der Waals surface area (Å²) in [5.74, 6) is 0.870. The molecule has 0 bridgehead atoms. The van der Waals surface area contributed by atoms with Crippen LogP contribution in [0.5, 0.6) is 0 Å². The summed E-state index contributed by atoms with van der Waals surface area (Å²) >= 11 is 0. The molecule has 0 saturated carbocycles. The predicted octanol–water partition coefficient (Wildman–Crippen LogP) is 4.58. The number of nitrogens with one attached hydrogen (secondary N) is 1. The Labute approximate surface area is 136 Å². The molecule has 3 heterocycles. The number of hydrogen-bond donors (Lipinski definition) is 1. The maximum absolute atomic E-state index is 4.88. The van der Waals surface area contributed by atoms with Gasteiger partial charge in [0.1, 0.15) is 5.82 Å². The van der Waals surface area contributed by atoms with Crippen LogP contribution in [0.2, 0.25) is 0 Å². The van der Waals surface area contributed by atoms with Gasteiger partial charge in [0, 0.05) is 23.0 Å². The number of aromatic amines is 1. The molecule has 0 aliphatic carbocycles. The number of rotatable bonds is 3. The summed E-state index contributed by atoms with van der Waals surface area (Å²) in [4.78, 5) is 17.2. The molecule has 4 heteroatoms. The van der Waals surface area contributed by atoms with Gasteiger partial charge in [-0.1, -0.05) is 19.6 Å². The minimum Gasteiger partial charge on any atom is -0.337 e. The highest BCUT2D eigenvalue weighted by Gasteiger charge is 2.21. The molecule has 1 aliphatic rings. The molecule has 0 aromatic carbocycles. The molecule has 3 rings (SSSR count). The van der Waals surface area contributed by atoms with E-state index in [1.165, 1.54) is 11.1 Å². The number of allylic oxidation sites excluding steroid dienone is 4. The number of nitrogens with zero attached hydrogens (tertiary/aromatic N) is 3. The molecule has 0 spiro atoms. The summed E-state index contributed by atoms with van der Waals surface area (Å²) in [6.07, 6.45) is 6.73.